The third-order valence-corrected chi connectivity index (χ3v) is 7.28. The molecule has 222 valence electrons. The Morgan fingerprint density at radius 2 is 1.67 bits per heavy atom. The number of hydrogen-bond donors (Lipinski definition) is 0. The Labute approximate surface area is 257 Å². The van der Waals surface area contributed by atoms with Crippen LogP contribution in [0.25, 0.3) is 0 Å². The zero-order chi connectivity index (χ0) is 30.4. The minimum absolute atomic E-state index is 0.0333. The number of halogens is 2. The van der Waals surface area contributed by atoms with Crippen molar-refractivity contribution in [1.29, 1.82) is 0 Å². The van der Waals surface area contributed by atoms with Gasteiger partial charge in [0.25, 0.3) is 11.8 Å². The molecule has 4 rings (SSSR count). The van der Waals surface area contributed by atoms with E-state index in [0.29, 0.717) is 39.8 Å². The highest BCUT2D eigenvalue weighted by Gasteiger charge is 2.40. The molecule has 1 aliphatic rings. The molecule has 42 heavy (non-hydrogen) atoms. The number of fused-ring (bicyclic) bond motifs is 1. The molecule has 3 aromatic rings. The molecule has 3 aromatic carbocycles. The molecule has 2 unspecified atom stereocenters. The smallest absolute Gasteiger partial charge is 0.332 e. The van der Waals surface area contributed by atoms with Gasteiger partial charge in [-0.2, -0.15) is 5.06 Å². The van der Waals surface area contributed by atoms with Gasteiger partial charge in [-0.15, -0.1) is 0 Å². The summed E-state index contributed by atoms with van der Waals surface area (Å²) < 4.78 is 6.52. The number of amides is 2. The number of ether oxygens (including phenoxy) is 1. The second-order valence-corrected chi connectivity index (χ2v) is 12.4. The molecule has 0 bridgehead atoms. The predicted octanol–water partition coefficient (Wildman–Crippen LogP) is 7.54. The van der Waals surface area contributed by atoms with Gasteiger partial charge in [-0.1, -0.05) is 99.4 Å². The monoisotopic (exact) mass is 610 g/mol. The maximum Gasteiger partial charge on any atom is 0.332 e. The predicted molar refractivity (Wildman–Crippen MR) is 164 cm³/mol. The van der Waals surface area contributed by atoms with E-state index in [9.17, 15) is 14.4 Å². The lowest BCUT2D eigenvalue weighted by atomic mass is 9.94. The van der Waals surface area contributed by atoms with E-state index in [1.54, 1.807) is 29.2 Å². The molecule has 7 nitrogen and oxygen atoms in total. The van der Waals surface area contributed by atoms with E-state index >= 15 is 0 Å². The quantitative estimate of drug-likeness (QED) is 0.246. The van der Waals surface area contributed by atoms with Gasteiger partial charge in [0.1, 0.15) is 12.2 Å². The van der Waals surface area contributed by atoms with Gasteiger partial charge >= 0.3 is 5.97 Å². The van der Waals surface area contributed by atoms with Crippen LogP contribution >= 0.6 is 23.2 Å². The SMILES string of the molecule is CCCC(=O)ON(Cc1ccccc1)C(=O)CC1OC(c2ccccc2Cl)c2cc(Cl)ccc2N(CC(C)(C)C)C1=O. The van der Waals surface area contributed by atoms with Gasteiger partial charge in [-0.25, -0.2) is 4.79 Å². The van der Waals surface area contributed by atoms with Crippen molar-refractivity contribution in [3.8, 4) is 0 Å². The van der Waals surface area contributed by atoms with Crippen LogP contribution in [-0.4, -0.2) is 35.5 Å². The van der Waals surface area contributed by atoms with Gasteiger partial charge in [0.05, 0.1) is 13.0 Å². The first-order valence-electron chi connectivity index (χ1n) is 14.0. The van der Waals surface area contributed by atoms with Crippen LogP contribution in [0.15, 0.2) is 72.8 Å². The molecule has 0 saturated heterocycles. The molecule has 2 amide bonds. The fourth-order valence-corrected chi connectivity index (χ4v) is 5.24. The van der Waals surface area contributed by atoms with Crippen molar-refractivity contribution < 1.29 is 24.0 Å². The Balaban J connectivity index is 1.75. The molecule has 0 aliphatic carbocycles. The first-order chi connectivity index (χ1) is 20.0. The lowest BCUT2D eigenvalue weighted by molar-refractivity contribution is -0.202. The summed E-state index contributed by atoms with van der Waals surface area (Å²) in [5.41, 5.74) is 2.43. The van der Waals surface area contributed by atoms with Gasteiger partial charge in [0, 0.05) is 39.8 Å². The number of carbonyl (C=O) groups is 3. The normalized spacial score (nSPS) is 16.9. The lowest BCUT2D eigenvalue weighted by Gasteiger charge is -2.31. The fraction of sp³-hybridized carbons (Fsp3) is 0.364. The van der Waals surface area contributed by atoms with Crippen molar-refractivity contribution in [3.05, 3.63) is 99.5 Å². The van der Waals surface area contributed by atoms with Crippen LogP contribution in [0.4, 0.5) is 5.69 Å². The van der Waals surface area contributed by atoms with Crippen molar-refractivity contribution in [2.45, 2.75) is 65.7 Å². The Bertz CT molecular complexity index is 1420. The Morgan fingerprint density at radius 3 is 2.33 bits per heavy atom. The summed E-state index contributed by atoms with van der Waals surface area (Å²) in [6.07, 6.45) is -1.62. The fourth-order valence-electron chi connectivity index (χ4n) is 4.82. The zero-order valence-electron chi connectivity index (χ0n) is 24.3. The number of hydroxylamine groups is 2. The number of anilines is 1. The molecule has 0 spiro atoms. The van der Waals surface area contributed by atoms with Gasteiger partial charge in [0.2, 0.25) is 0 Å². The van der Waals surface area contributed by atoms with Crippen molar-refractivity contribution >= 4 is 46.7 Å². The third-order valence-electron chi connectivity index (χ3n) is 6.70. The highest BCUT2D eigenvalue weighted by atomic mass is 35.5. The van der Waals surface area contributed by atoms with Crippen molar-refractivity contribution in [2.75, 3.05) is 11.4 Å². The van der Waals surface area contributed by atoms with Crippen LogP contribution in [0.3, 0.4) is 0 Å². The molecule has 1 heterocycles. The number of nitrogens with zero attached hydrogens (tertiary/aromatic N) is 2. The Hall–Kier alpha value is -3.39. The summed E-state index contributed by atoms with van der Waals surface area (Å²) in [6.45, 7) is 8.34. The highest BCUT2D eigenvalue weighted by Crippen LogP contribution is 2.42. The summed E-state index contributed by atoms with van der Waals surface area (Å²) in [5, 5.41) is 1.95. The summed E-state index contributed by atoms with van der Waals surface area (Å²) in [4.78, 5) is 47.7. The largest absolute Gasteiger partial charge is 0.355 e. The lowest BCUT2D eigenvalue weighted by Crippen LogP contribution is -2.46. The zero-order valence-corrected chi connectivity index (χ0v) is 25.8. The molecule has 0 fully saturated rings. The molecule has 0 N–H and O–H groups in total. The summed E-state index contributed by atoms with van der Waals surface area (Å²) >= 11 is 13.1. The molecule has 1 aliphatic heterocycles. The van der Waals surface area contributed by atoms with E-state index in [1.807, 2.05) is 76.2 Å². The van der Waals surface area contributed by atoms with Crippen LogP contribution < -0.4 is 4.90 Å². The van der Waals surface area contributed by atoms with E-state index in [2.05, 4.69) is 0 Å². The number of rotatable bonds is 8. The van der Waals surface area contributed by atoms with Crippen LogP contribution in [0.2, 0.25) is 10.0 Å². The average Bonchev–Trinajstić information content (AvgIpc) is 3.03. The van der Waals surface area contributed by atoms with E-state index in [0.717, 1.165) is 10.6 Å². The maximum absolute atomic E-state index is 14.2. The summed E-state index contributed by atoms with van der Waals surface area (Å²) in [7, 11) is 0. The van der Waals surface area contributed by atoms with E-state index < -0.39 is 24.1 Å². The molecule has 0 aromatic heterocycles. The topological polar surface area (TPSA) is 76.2 Å². The molecule has 9 heteroatoms. The molecule has 0 saturated carbocycles. The molecular weight excluding hydrogens is 575 g/mol. The third kappa shape index (κ3) is 7.91. The van der Waals surface area contributed by atoms with Crippen LogP contribution in [0.1, 0.15) is 69.8 Å². The van der Waals surface area contributed by atoms with Crippen molar-refractivity contribution in [1.82, 2.24) is 5.06 Å². The number of carbonyl (C=O) groups excluding carboxylic acids is 3. The summed E-state index contributed by atoms with van der Waals surface area (Å²) in [5.74, 6) is -1.46. The average molecular weight is 612 g/mol. The number of hydrogen-bond acceptors (Lipinski definition) is 5. The van der Waals surface area contributed by atoms with Gasteiger partial charge in [-0.05, 0) is 41.7 Å². The second kappa shape index (κ2) is 13.7. The van der Waals surface area contributed by atoms with E-state index in [1.165, 1.54) is 0 Å². The molecule has 0 radical (unpaired) electrons. The van der Waals surface area contributed by atoms with E-state index in [-0.39, 0.29) is 30.7 Å². The van der Waals surface area contributed by atoms with Crippen LogP contribution in [0, 0.1) is 5.41 Å². The van der Waals surface area contributed by atoms with Gasteiger partial charge < -0.3 is 14.5 Å². The Kier molecular flexibility index (Phi) is 10.3. The number of benzene rings is 3. The first-order valence-corrected chi connectivity index (χ1v) is 14.8. The molecular formula is C33H36Cl2N2O5. The van der Waals surface area contributed by atoms with Gasteiger partial charge in [-0.3, -0.25) is 9.59 Å². The molecule has 2 atom stereocenters. The first kappa shape index (κ1) is 31.5. The minimum Gasteiger partial charge on any atom is -0.355 e. The van der Waals surface area contributed by atoms with Crippen molar-refractivity contribution in [2.24, 2.45) is 5.41 Å². The van der Waals surface area contributed by atoms with E-state index in [4.69, 9.17) is 32.8 Å². The maximum atomic E-state index is 14.2. The highest BCUT2D eigenvalue weighted by molar-refractivity contribution is 6.31. The summed E-state index contributed by atoms with van der Waals surface area (Å²) in [6, 6.07) is 21.7. The minimum atomic E-state index is -1.20. The van der Waals surface area contributed by atoms with Gasteiger partial charge in [0.15, 0.2) is 0 Å². The van der Waals surface area contributed by atoms with Crippen LogP contribution in [0.5, 0.6) is 0 Å². The van der Waals surface area contributed by atoms with Crippen molar-refractivity contribution in [3.63, 3.8) is 0 Å². The van der Waals surface area contributed by atoms with Crippen LogP contribution in [-0.2, 0) is 30.5 Å². The Morgan fingerprint density at radius 1 is 0.976 bits per heavy atom. The standard InChI is InChI=1S/C33H36Cl2N2O5/c1-5-11-30(39)42-37(20-22-12-7-6-8-13-22)29(38)19-28-32(40)36(21-33(2,3)4)27-17-16-23(34)18-25(27)31(41-28)24-14-9-10-15-26(24)35/h6-10,12-18,28,31H,5,11,19-21H2,1-4H3. The second-order valence-electron chi connectivity index (χ2n) is 11.5.